The summed E-state index contributed by atoms with van der Waals surface area (Å²) in [5.41, 5.74) is 3.97. The van der Waals surface area contributed by atoms with Gasteiger partial charge in [0.2, 0.25) is 15.9 Å². The van der Waals surface area contributed by atoms with E-state index >= 15 is 0 Å². The lowest BCUT2D eigenvalue weighted by molar-refractivity contribution is -0.117. The van der Waals surface area contributed by atoms with Crippen molar-refractivity contribution < 1.29 is 13.2 Å². The van der Waals surface area contributed by atoms with Crippen LogP contribution in [0, 0.1) is 0 Å². The van der Waals surface area contributed by atoms with E-state index in [1.807, 2.05) is 18.2 Å². The number of benzene rings is 1. The molecule has 0 saturated carbocycles. The van der Waals surface area contributed by atoms with Crippen LogP contribution in [0.25, 0.3) is 11.1 Å². The first-order chi connectivity index (χ1) is 11.9. The number of fused-ring (bicyclic) bond motifs is 1. The molecule has 1 unspecified atom stereocenters. The molecule has 2 N–H and O–H groups in total. The molecule has 132 valence electrons. The summed E-state index contributed by atoms with van der Waals surface area (Å²) in [6.07, 6.45) is 4.90. The molecule has 6 nitrogen and oxygen atoms in total. The molecular weight excluding hydrogens is 338 g/mol. The second kappa shape index (κ2) is 6.84. The normalized spacial score (nSPS) is 16.4. The van der Waals surface area contributed by atoms with Gasteiger partial charge in [0, 0.05) is 17.4 Å². The van der Waals surface area contributed by atoms with Gasteiger partial charge in [-0.1, -0.05) is 19.4 Å². The number of amides is 1. The van der Waals surface area contributed by atoms with E-state index in [-0.39, 0.29) is 17.6 Å². The maximum atomic E-state index is 12.1. The Kier molecular flexibility index (Phi) is 4.76. The van der Waals surface area contributed by atoms with E-state index in [2.05, 4.69) is 21.9 Å². The predicted octanol–water partition coefficient (Wildman–Crippen LogP) is 3.35. The van der Waals surface area contributed by atoms with Gasteiger partial charge in [-0.05, 0) is 42.7 Å². The first-order valence-electron chi connectivity index (χ1n) is 8.34. The third kappa shape index (κ3) is 3.66. The molecule has 0 bridgehead atoms. The van der Waals surface area contributed by atoms with Gasteiger partial charge < -0.3 is 5.32 Å². The molecule has 1 aromatic heterocycles. The molecule has 1 aromatic carbocycles. The number of hydrogen-bond donors (Lipinski definition) is 2. The van der Waals surface area contributed by atoms with E-state index in [4.69, 9.17) is 0 Å². The van der Waals surface area contributed by atoms with E-state index in [0.717, 1.165) is 35.2 Å². The second-order valence-electron chi connectivity index (χ2n) is 6.10. The molecule has 1 amide bonds. The second-order valence-corrected chi connectivity index (χ2v) is 8.11. The smallest absolute Gasteiger partial charge is 0.232 e. The molecule has 0 radical (unpaired) electrons. The Labute approximate surface area is 147 Å². The number of rotatable bonds is 6. The predicted molar refractivity (Wildman–Crippen MR) is 99.0 cm³/mol. The van der Waals surface area contributed by atoms with Crippen LogP contribution in [0.5, 0.6) is 0 Å². The summed E-state index contributed by atoms with van der Waals surface area (Å²) in [4.78, 5) is 16.2. The molecule has 2 heterocycles. The highest BCUT2D eigenvalue weighted by molar-refractivity contribution is 7.92. The summed E-state index contributed by atoms with van der Waals surface area (Å²) in [6.45, 7) is 3.64. The summed E-state index contributed by atoms with van der Waals surface area (Å²) in [5.74, 6) is -0.0889. The van der Waals surface area contributed by atoms with Gasteiger partial charge in [-0.25, -0.2) is 8.42 Å². The van der Waals surface area contributed by atoms with Crippen LogP contribution in [-0.4, -0.2) is 25.1 Å². The van der Waals surface area contributed by atoms with E-state index in [9.17, 15) is 13.2 Å². The van der Waals surface area contributed by atoms with Crippen molar-refractivity contribution in [2.24, 2.45) is 0 Å². The van der Waals surface area contributed by atoms with Crippen LogP contribution >= 0.6 is 0 Å². The summed E-state index contributed by atoms with van der Waals surface area (Å²) in [5, 5.41) is 2.91. The van der Waals surface area contributed by atoms with Gasteiger partial charge in [-0.3, -0.25) is 14.5 Å². The van der Waals surface area contributed by atoms with Crippen LogP contribution < -0.4 is 10.0 Å². The molecule has 0 fully saturated rings. The molecule has 2 aromatic rings. The summed E-state index contributed by atoms with van der Waals surface area (Å²) in [7, 11) is -3.35. The Morgan fingerprint density at radius 2 is 1.96 bits per heavy atom. The van der Waals surface area contributed by atoms with E-state index in [1.165, 1.54) is 6.20 Å². The lowest BCUT2D eigenvalue weighted by Crippen LogP contribution is -2.14. The van der Waals surface area contributed by atoms with Crippen molar-refractivity contribution >= 4 is 27.3 Å². The minimum Gasteiger partial charge on any atom is -0.325 e. The first kappa shape index (κ1) is 17.4. The fourth-order valence-electron chi connectivity index (χ4n) is 2.99. The maximum absolute atomic E-state index is 12.1. The Bertz CT molecular complexity index is 910. The molecule has 0 aliphatic carbocycles. The molecule has 1 aliphatic heterocycles. The molecule has 25 heavy (non-hydrogen) atoms. The van der Waals surface area contributed by atoms with Crippen LogP contribution in [0.15, 0.2) is 36.7 Å². The number of pyridine rings is 1. The quantitative estimate of drug-likeness (QED) is 0.828. The molecule has 7 heteroatoms. The van der Waals surface area contributed by atoms with Crippen molar-refractivity contribution in [3.8, 4) is 11.1 Å². The minimum atomic E-state index is -3.35. The average Bonchev–Trinajstić information content (AvgIpc) is 2.90. The number of carbonyl (C=O) groups excluding carboxylic acids is 1. The van der Waals surface area contributed by atoms with Gasteiger partial charge >= 0.3 is 0 Å². The number of carbonyl (C=O) groups is 1. The minimum absolute atomic E-state index is 0.00253. The van der Waals surface area contributed by atoms with Crippen molar-refractivity contribution in [2.45, 2.75) is 32.6 Å². The van der Waals surface area contributed by atoms with Gasteiger partial charge in [-0.2, -0.15) is 0 Å². The van der Waals surface area contributed by atoms with Gasteiger partial charge in [0.15, 0.2) is 0 Å². The number of anilines is 2. The molecule has 3 rings (SSSR count). The largest absolute Gasteiger partial charge is 0.325 e. The maximum Gasteiger partial charge on any atom is 0.232 e. The van der Waals surface area contributed by atoms with Gasteiger partial charge in [0.05, 0.1) is 23.6 Å². The summed E-state index contributed by atoms with van der Waals surface area (Å²) in [6, 6.07) is 7.54. The van der Waals surface area contributed by atoms with Crippen molar-refractivity contribution in [2.75, 3.05) is 15.8 Å². The van der Waals surface area contributed by atoms with Gasteiger partial charge in [-0.15, -0.1) is 0 Å². The Morgan fingerprint density at radius 3 is 2.68 bits per heavy atom. The lowest BCUT2D eigenvalue weighted by Gasteiger charge is -2.10. The van der Waals surface area contributed by atoms with Crippen LogP contribution in [0.2, 0.25) is 0 Å². The molecule has 0 saturated heterocycles. The summed E-state index contributed by atoms with van der Waals surface area (Å²) >= 11 is 0. The van der Waals surface area contributed by atoms with Crippen molar-refractivity contribution in [1.29, 1.82) is 0 Å². The van der Waals surface area contributed by atoms with Gasteiger partial charge in [0.1, 0.15) is 0 Å². The van der Waals surface area contributed by atoms with E-state index < -0.39 is 10.0 Å². The Morgan fingerprint density at radius 1 is 1.16 bits per heavy atom. The summed E-state index contributed by atoms with van der Waals surface area (Å²) < 4.78 is 26.0. The zero-order valence-corrected chi connectivity index (χ0v) is 15.1. The molecule has 1 aliphatic rings. The average molecular weight is 359 g/mol. The third-order valence-corrected chi connectivity index (χ3v) is 5.61. The van der Waals surface area contributed by atoms with Gasteiger partial charge in [0.25, 0.3) is 0 Å². The zero-order valence-electron chi connectivity index (χ0n) is 14.2. The highest BCUT2D eigenvalue weighted by Crippen LogP contribution is 2.38. The van der Waals surface area contributed by atoms with E-state index in [1.54, 1.807) is 19.2 Å². The van der Waals surface area contributed by atoms with Crippen molar-refractivity contribution in [1.82, 2.24) is 4.98 Å². The molecular formula is C18H21N3O3S. The number of nitrogens with one attached hydrogen (secondary N) is 2. The van der Waals surface area contributed by atoms with Crippen LogP contribution in [0.3, 0.4) is 0 Å². The SMILES string of the molecule is CCCC1C(=O)Nc2ccc(-c3cncc(NS(=O)(=O)CC)c3)cc21. The topological polar surface area (TPSA) is 88.2 Å². The Balaban J connectivity index is 1.95. The van der Waals surface area contributed by atoms with Crippen molar-refractivity contribution in [3.63, 3.8) is 0 Å². The first-order valence-corrected chi connectivity index (χ1v) is 9.99. The third-order valence-electron chi connectivity index (χ3n) is 4.30. The number of nitrogens with zero attached hydrogens (tertiary/aromatic N) is 1. The van der Waals surface area contributed by atoms with Crippen LogP contribution in [-0.2, 0) is 14.8 Å². The monoisotopic (exact) mass is 359 g/mol. The number of sulfonamides is 1. The molecule has 0 spiro atoms. The highest BCUT2D eigenvalue weighted by Gasteiger charge is 2.29. The highest BCUT2D eigenvalue weighted by atomic mass is 32.2. The van der Waals surface area contributed by atoms with E-state index in [0.29, 0.717) is 5.69 Å². The van der Waals surface area contributed by atoms with Crippen LogP contribution in [0.4, 0.5) is 11.4 Å². The lowest BCUT2D eigenvalue weighted by atomic mass is 9.93. The Hall–Kier alpha value is -2.41. The standard InChI is InChI=1S/C18H21N3O3S/c1-3-5-15-16-9-12(6-7-17(16)20-18(15)22)13-8-14(11-19-10-13)21-25(23,24)4-2/h6-11,15,21H,3-5H2,1-2H3,(H,20,22). The fourth-order valence-corrected chi connectivity index (χ4v) is 3.60. The zero-order chi connectivity index (χ0) is 18.0. The van der Waals surface area contributed by atoms with Crippen LogP contribution in [0.1, 0.15) is 38.2 Å². The van der Waals surface area contributed by atoms with Crippen molar-refractivity contribution in [3.05, 3.63) is 42.2 Å². The number of hydrogen-bond acceptors (Lipinski definition) is 4. The fraction of sp³-hybridized carbons (Fsp3) is 0.333. The molecule has 1 atom stereocenters. The number of aromatic nitrogens is 1.